The van der Waals surface area contributed by atoms with E-state index in [4.69, 9.17) is 18.9 Å². The number of hydrogen-bond acceptors (Lipinski definition) is 6. The summed E-state index contributed by atoms with van der Waals surface area (Å²) in [5.41, 5.74) is 1.07. The van der Waals surface area contributed by atoms with Crippen molar-refractivity contribution in [3.05, 3.63) is 35.4 Å². The van der Waals surface area contributed by atoms with Crippen molar-refractivity contribution in [1.82, 2.24) is 4.90 Å². The maximum absolute atomic E-state index is 12.6. The Morgan fingerprint density at radius 1 is 1.21 bits per heavy atom. The molecule has 1 saturated carbocycles. The standard InChI is InChI=1S/C21H29NO6/c1-3-26-20(24)22(13-15-28-18-6-4-5-14-27-18)21(11-12-21)17-9-7-16(8-10-17)19(23)25-2/h7-10,18H,3-6,11-15H2,1-2H3/t18-/m0/s1. The van der Waals surface area contributed by atoms with E-state index >= 15 is 0 Å². The molecule has 1 saturated heterocycles. The molecule has 1 aliphatic heterocycles. The largest absolute Gasteiger partial charge is 0.465 e. The lowest BCUT2D eigenvalue weighted by Gasteiger charge is -2.32. The van der Waals surface area contributed by atoms with Gasteiger partial charge in [0.2, 0.25) is 0 Å². The number of ether oxygens (including phenoxy) is 4. The SMILES string of the molecule is CCOC(=O)N(CCO[C@H]1CCCCO1)C1(c2ccc(C(=O)OC)cc2)CC1. The molecule has 0 radical (unpaired) electrons. The maximum Gasteiger partial charge on any atom is 0.410 e. The number of amides is 1. The fraction of sp³-hybridized carbons (Fsp3) is 0.619. The molecular weight excluding hydrogens is 362 g/mol. The Labute approximate surface area is 165 Å². The highest BCUT2D eigenvalue weighted by atomic mass is 16.7. The third-order valence-electron chi connectivity index (χ3n) is 5.33. The van der Waals surface area contributed by atoms with Crippen LogP contribution in [0.5, 0.6) is 0 Å². The van der Waals surface area contributed by atoms with E-state index in [9.17, 15) is 9.59 Å². The number of hydrogen-bond donors (Lipinski definition) is 0. The first-order chi connectivity index (χ1) is 13.6. The van der Waals surface area contributed by atoms with Gasteiger partial charge in [0.05, 0.1) is 31.4 Å². The van der Waals surface area contributed by atoms with E-state index in [1.165, 1.54) is 7.11 Å². The van der Waals surface area contributed by atoms with Gasteiger partial charge in [-0.25, -0.2) is 9.59 Å². The topological polar surface area (TPSA) is 74.3 Å². The first-order valence-corrected chi connectivity index (χ1v) is 9.97. The molecule has 154 valence electrons. The van der Waals surface area contributed by atoms with Gasteiger partial charge in [-0.1, -0.05) is 12.1 Å². The minimum atomic E-state index is -0.405. The molecule has 0 N–H and O–H groups in total. The molecule has 0 unspecified atom stereocenters. The predicted molar refractivity (Wildman–Crippen MR) is 102 cm³/mol. The summed E-state index contributed by atoms with van der Waals surface area (Å²) in [5, 5.41) is 0. The van der Waals surface area contributed by atoms with Crippen molar-refractivity contribution in [3.8, 4) is 0 Å². The van der Waals surface area contributed by atoms with Crippen molar-refractivity contribution in [1.29, 1.82) is 0 Å². The third-order valence-corrected chi connectivity index (χ3v) is 5.33. The Bertz CT molecular complexity index is 664. The normalized spacial score (nSPS) is 20.3. The molecule has 1 atom stereocenters. The van der Waals surface area contributed by atoms with Crippen molar-refractivity contribution in [2.45, 2.75) is 50.9 Å². The lowest BCUT2D eigenvalue weighted by atomic mass is 10.0. The maximum atomic E-state index is 12.6. The van der Waals surface area contributed by atoms with E-state index < -0.39 is 5.54 Å². The van der Waals surface area contributed by atoms with Crippen LogP contribution >= 0.6 is 0 Å². The number of methoxy groups -OCH3 is 1. The van der Waals surface area contributed by atoms with E-state index in [0.29, 0.717) is 25.3 Å². The second kappa shape index (κ2) is 9.39. The van der Waals surface area contributed by atoms with E-state index in [2.05, 4.69) is 0 Å². The van der Waals surface area contributed by atoms with Gasteiger partial charge >= 0.3 is 12.1 Å². The zero-order valence-electron chi connectivity index (χ0n) is 16.6. The fourth-order valence-electron chi connectivity index (χ4n) is 3.67. The van der Waals surface area contributed by atoms with Crippen molar-refractivity contribution in [3.63, 3.8) is 0 Å². The van der Waals surface area contributed by atoms with E-state index in [0.717, 1.165) is 44.3 Å². The molecule has 0 bridgehead atoms. The van der Waals surface area contributed by atoms with Crippen LogP contribution < -0.4 is 0 Å². The molecule has 3 rings (SSSR count). The molecule has 1 aromatic carbocycles. The van der Waals surface area contributed by atoms with E-state index in [1.54, 1.807) is 24.0 Å². The molecule has 0 aromatic heterocycles. The summed E-state index contributed by atoms with van der Waals surface area (Å²) in [7, 11) is 1.36. The van der Waals surface area contributed by atoms with Crippen molar-refractivity contribution < 1.29 is 28.5 Å². The second-order valence-corrected chi connectivity index (χ2v) is 7.12. The smallest absolute Gasteiger partial charge is 0.410 e. The van der Waals surface area contributed by atoms with Gasteiger partial charge in [-0.3, -0.25) is 4.90 Å². The monoisotopic (exact) mass is 391 g/mol. The lowest BCUT2D eigenvalue weighted by Crippen LogP contribution is -2.43. The highest BCUT2D eigenvalue weighted by Gasteiger charge is 2.52. The third kappa shape index (κ3) is 4.64. The van der Waals surface area contributed by atoms with Crippen LogP contribution in [0.25, 0.3) is 0 Å². The van der Waals surface area contributed by atoms with Gasteiger partial charge in [0.1, 0.15) is 0 Å². The number of nitrogens with zero attached hydrogens (tertiary/aromatic N) is 1. The van der Waals surface area contributed by atoms with Gasteiger partial charge in [0, 0.05) is 13.2 Å². The highest BCUT2D eigenvalue weighted by molar-refractivity contribution is 5.89. The van der Waals surface area contributed by atoms with Crippen molar-refractivity contribution >= 4 is 12.1 Å². The zero-order chi connectivity index (χ0) is 20.0. The van der Waals surface area contributed by atoms with Gasteiger partial charge in [0.15, 0.2) is 6.29 Å². The van der Waals surface area contributed by atoms with Crippen LogP contribution in [-0.2, 0) is 24.5 Å². The van der Waals surface area contributed by atoms with E-state index in [1.807, 2.05) is 12.1 Å². The molecule has 28 heavy (non-hydrogen) atoms. The van der Waals surface area contributed by atoms with Crippen LogP contribution in [0.3, 0.4) is 0 Å². The number of rotatable bonds is 8. The van der Waals surface area contributed by atoms with Crippen LogP contribution in [0, 0.1) is 0 Å². The first kappa shape index (κ1) is 20.6. The molecule has 1 aliphatic carbocycles. The van der Waals surface area contributed by atoms with Crippen LogP contribution in [0.15, 0.2) is 24.3 Å². The van der Waals surface area contributed by atoms with Gasteiger partial charge in [-0.2, -0.15) is 0 Å². The quantitative estimate of drug-likeness (QED) is 0.632. The van der Waals surface area contributed by atoms with Crippen LogP contribution in [-0.4, -0.2) is 56.7 Å². The van der Waals surface area contributed by atoms with Crippen LogP contribution in [0.2, 0.25) is 0 Å². The van der Waals surface area contributed by atoms with Crippen molar-refractivity contribution in [2.24, 2.45) is 0 Å². The molecular formula is C21H29NO6. The first-order valence-electron chi connectivity index (χ1n) is 9.97. The Balaban J connectivity index is 1.69. The van der Waals surface area contributed by atoms with Gasteiger partial charge in [-0.15, -0.1) is 0 Å². The number of esters is 1. The Kier molecular flexibility index (Phi) is 6.91. The van der Waals surface area contributed by atoms with Crippen molar-refractivity contribution in [2.75, 3.05) is 33.5 Å². The number of carbonyl (C=O) groups is 2. The summed E-state index contributed by atoms with van der Waals surface area (Å²) < 4.78 is 21.5. The van der Waals surface area contributed by atoms with Gasteiger partial charge in [-0.05, 0) is 56.7 Å². The molecule has 1 amide bonds. The minimum absolute atomic E-state index is 0.188. The Morgan fingerprint density at radius 2 is 1.96 bits per heavy atom. The summed E-state index contributed by atoms with van der Waals surface area (Å²) in [5.74, 6) is -0.375. The minimum Gasteiger partial charge on any atom is -0.465 e. The average molecular weight is 391 g/mol. The summed E-state index contributed by atoms with van der Waals surface area (Å²) >= 11 is 0. The summed E-state index contributed by atoms with van der Waals surface area (Å²) in [6.07, 6.45) is 4.23. The second-order valence-electron chi connectivity index (χ2n) is 7.12. The number of benzene rings is 1. The Morgan fingerprint density at radius 3 is 2.54 bits per heavy atom. The molecule has 2 fully saturated rings. The molecule has 1 aromatic rings. The highest BCUT2D eigenvalue weighted by Crippen LogP contribution is 2.51. The average Bonchev–Trinajstić information content (AvgIpc) is 3.53. The summed E-state index contributed by atoms with van der Waals surface area (Å²) in [6.45, 7) is 3.66. The summed E-state index contributed by atoms with van der Waals surface area (Å²) in [6, 6.07) is 7.24. The van der Waals surface area contributed by atoms with Gasteiger partial charge in [0.25, 0.3) is 0 Å². The molecule has 7 nitrogen and oxygen atoms in total. The van der Waals surface area contributed by atoms with E-state index in [-0.39, 0.29) is 18.4 Å². The fourth-order valence-corrected chi connectivity index (χ4v) is 3.67. The summed E-state index contributed by atoms with van der Waals surface area (Å²) in [4.78, 5) is 26.1. The van der Waals surface area contributed by atoms with Crippen LogP contribution in [0.4, 0.5) is 4.79 Å². The van der Waals surface area contributed by atoms with Gasteiger partial charge < -0.3 is 18.9 Å². The molecule has 1 heterocycles. The zero-order valence-corrected chi connectivity index (χ0v) is 16.6. The number of carbonyl (C=O) groups excluding carboxylic acids is 2. The molecule has 7 heteroatoms. The Hall–Kier alpha value is -2.12. The molecule has 2 aliphatic rings. The molecule has 0 spiro atoms. The predicted octanol–water partition coefficient (Wildman–Crippen LogP) is 3.46. The van der Waals surface area contributed by atoms with Crippen LogP contribution in [0.1, 0.15) is 54.9 Å². The lowest BCUT2D eigenvalue weighted by molar-refractivity contribution is -0.164.